The first kappa shape index (κ1) is 21.9. The fourth-order valence-corrected chi connectivity index (χ4v) is 2.93. The highest BCUT2D eigenvalue weighted by atomic mass is 16.4. The summed E-state index contributed by atoms with van der Waals surface area (Å²) in [5.41, 5.74) is 6.68. The first-order chi connectivity index (χ1) is 12.1. The Morgan fingerprint density at radius 3 is 2.19 bits per heavy atom. The molecule has 0 bridgehead atoms. The second-order valence-corrected chi connectivity index (χ2v) is 7.05. The number of nitrogens with two attached hydrogens (primary N) is 1. The van der Waals surface area contributed by atoms with Gasteiger partial charge in [0.2, 0.25) is 0 Å². The first-order valence-electron chi connectivity index (χ1n) is 8.77. The van der Waals surface area contributed by atoms with Gasteiger partial charge >= 0.3 is 5.97 Å². The van der Waals surface area contributed by atoms with E-state index >= 15 is 0 Å². The maximum absolute atomic E-state index is 12.2. The van der Waals surface area contributed by atoms with Gasteiger partial charge in [0.15, 0.2) is 5.78 Å². The van der Waals surface area contributed by atoms with E-state index in [1.165, 1.54) is 6.08 Å². The number of hydrogen-bond acceptors (Lipinski definition) is 5. The number of carbonyl (C=O) groups excluding carboxylic acids is 1. The number of aliphatic hydroxyl groups is 2. The average Bonchev–Trinajstić information content (AvgIpc) is 2.59. The zero-order valence-electron chi connectivity index (χ0n) is 15.5. The molecule has 5 atom stereocenters. The van der Waals surface area contributed by atoms with Gasteiger partial charge in [-0.2, -0.15) is 0 Å². The van der Waals surface area contributed by atoms with Crippen LogP contribution in [0.5, 0.6) is 0 Å². The predicted molar refractivity (Wildman–Crippen MR) is 101 cm³/mol. The fraction of sp³-hybridized carbons (Fsp3) is 0.500. The van der Waals surface area contributed by atoms with Crippen molar-refractivity contribution in [3.8, 4) is 0 Å². The highest BCUT2D eigenvalue weighted by Crippen LogP contribution is 2.25. The number of carbonyl (C=O) groups is 2. The molecule has 0 heterocycles. The molecule has 0 aliphatic rings. The van der Waals surface area contributed by atoms with Gasteiger partial charge in [0.25, 0.3) is 0 Å². The lowest BCUT2D eigenvalue weighted by Gasteiger charge is -2.27. The molecule has 1 aromatic carbocycles. The Bertz CT molecular complexity index is 626. The zero-order valence-corrected chi connectivity index (χ0v) is 15.5. The minimum Gasteiger partial charge on any atom is -0.478 e. The van der Waals surface area contributed by atoms with Crippen molar-refractivity contribution >= 4 is 17.4 Å². The van der Waals surface area contributed by atoms with Gasteiger partial charge in [0, 0.05) is 29.7 Å². The lowest BCUT2D eigenvalue weighted by Crippen LogP contribution is -2.30. The number of benzene rings is 1. The van der Waals surface area contributed by atoms with Crippen LogP contribution in [0.3, 0.4) is 0 Å². The Hall–Kier alpha value is -2.18. The number of rotatable bonds is 10. The Labute approximate surface area is 154 Å². The normalized spacial score (nSPS) is 17.4. The van der Waals surface area contributed by atoms with Crippen molar-refractivity contribution in [2.75, 3.05) is 5.73 Å². The molecule has 0 saturated heterocycles. The minimum absolute atomic E-state index is 0.00235. The molecule has 0 aliphatic heterocycles. The predicted octanol–water partition coefficient (Wildman–Crippen LogP) is 2.50. The number of ketones is 1. The van der Waals surface area contributed by atoms with Gasteiger partial charge in [-0.1, -0.05) is 26.8 Å². The molecule has 1 aromatic rings. The molecular weight excluding hydrogens is 334 g/mol. The molecule has 6 heteroatoms. The lowest BCUT2D eigenvalue weighted by atomic mass is 9.83. The molecule has 0 fully saturated rings. The largest absolute Gasteiger partial charge is 0.478 e. The van der Waals surface area contributed by atoms with Crippen molar-refractivity contribution in [3.63, 3.8) is 0 Å². The summed E-state index contributed by atoms with van der Waals surface area (Å²) in [5.74, 6) is -1.87. The lowest BCUT2D eigenvalue weighted by molar-refractivity contribution is -0.131. The third kappa shape index (κ3) is 6.98. The number of hydrogen-bond donors (Lipinski definition) is 4. The van der Waals surface area contributed by atoms with Gasteiger partial charge < -0.3 is 21.1 Å². The van der Waals surface area contributed by atoms with Crippen LogP contribution in [-0.2, 0) is 4.79 Å². The quantitative estimate of drug-likeness (QED) is 0.288. The van der Waals surface area contributed by atoms with Crippen LogP contribution in [0.15, 0.2) is 36.4 Å². The van der Waals surface area contributed by atoms with Crippen LogP contribution in [0.1, 0.15) is 44.0 Å². The van der Waals surface area contributed by atoms with Gasteiger partial charge in [-0.3, -0.25) is 4.79 Å². The molecule has 0 aliphatic carbocycles. The maximum Gasteiger partial charge on any atom is 0.327 e. The number of aliphatic carboxylic acids is 1. The van der Waals surface area contributed by atoms with E-state index in [-0.39, 0.29) is 30.0 Å². The number of anilines is 1. The summed E-state index contributed by atoms with van der Waals surface area (Å²) in [6.07, 6.45) is 1.44. The summed E-state index contributed by atoms with van der Waals surface area (Å²) in [5, 5.41) is 29.3. The summed E-state index contributed by atoms with van der Waals surface area (Å²) in [6.45, 7) is 5.43. The summed E-state index contributed by atoms with van der Waals surface area (Å²) >= 11 is 0. The molecule has 0 amide bonds. The second-order valence-electron chi connectivity index (χ2n) is 7.05. The van der Waals surface area contributed by atoms with Crippen molar-refractivity contribution in [2.45, 2.75) is 45.8 Å². The topological polar surface area (TPSA) is 121 Å². The van der Waals surface area contributed by atoms with E-state index < -0.39 is 18.2 Å². The summed E-state index contributed by atoms with van der Waals surface area (Å²) < 4.78 is 0. The fourth-order valence-electron chi connectivity index (χ4n) is 2.93. The number of Topliss-reactive ketones (excluding diaryl/α,β-unsaturated/α-hetero) is 1. The van der Waals surface area contributed by atoms with Gasteiger partial charge in [-0.15, -0.1) is 0 Å². The van der Waals surface area contributed by atoms with Gasteiger partial charge in [0.1, 0.15) is 0 Å². The smallest absolute Gasteiger partial charge is 0.327 e. The van der Waals surface area contributed by atoms with Crippen molar-refractivity contribution in [1.29, 1.82) is 0 Å². The van der Waals surface area contributed by atoms with E-state index in [0.29, 0.717) is 17.7 Å². The van der Waals surface area contributed by atoms with Crippen LogP contribution in [0.25, 0.3) is 0 Å². The van der Waals surface area contributed by atoms with Crippen LogP contribution < -0.4 is 5.73 Å². The monoisotopic (exact) mass is 363 g/mol. The van der Waals surface area contributed by atoms with Crippen LogP contribution in [-0.4, -0.2) is 39.3 Å². The Balaban J connectivity index is 2.56. The maximum atomic E-state index is 12.2. The Morgan fingerprint density at radius 2 is 1.65 bits per heavy atom. The van der Waals surface area contributed by atoms with Gasteiger partial charge in [-0.25, -0.2) is 4.79 Å². The summed E-state index contributed by atoms with van der Waals surface area (Å²) in [6, 6.07) is 6.57. The van der Waals surface area contributed by atoms with Gasteiger partial charge in [-0.05, 0) is 42.5 Å². The molecule has 0 aromatic heterocycles. The number of aliphatic hydroxyl groups excluding tert-OH is 2. The van der Waals surface area contributed by atoms with Crippen molar-refractivity contribution in [1.82, 2.24) is 0 Å². The zero-order chi connectivity index (χ0) is 19.9. The minimum atomic E-state index is -1.05. The number of carboxylic acids is 1. The molecule has 144 valence electrons. The van der Waals surface area contributed by atoms with E-state index in [0.717, 1.165) is 6.08 Å². The molecular formula is C20H29NO5. The van der Waals surface area contributed by atoms with Crippen molar-refractivity contribution in [3.05, 3.63) is 42.0 Å². The number of carboxylic acid groups (broad SMARTS) is 1. The Morgan fingerprint density at radius 1 is 1.08 bits per heavy atom. The van der Waals surface area contributed by atoms with Crippen LogP contribution in [0.2, 0.25) is 0 Å². The van der Waals surface area contributed by atoms with Crippen molar-refractivity contribution in [2.24, 2.45) is 17.8 Å². The van der Waals surface area contributed by atoms with E-state index in [1.54, 1.807) is 31.2 Å². The molecule has 6 nitrogen and oxygen atoms in total. The Kier molecular flexibility index (Phi) is 8.48. The highest BCUT2D eigenvalue weighted by Gasteiger charge is 2.26. The van der Waals surface area contributed by atoms with E-state index in [1.807, 2.05) is 13.8 Å². The third-order valence-electron chi connectivity index (χ3n) is 4.69. The molecule has 0 saturated carbocycles. The van der Waals surface area contributed by atoms with Gasteiger partial charge in [0.05, 0.1) is 12.2 Å². The highest BCUT2D eigenvalue weighted by molar-refractivity contribution is 5.96. The van der Waals surface area contributed by atoms with Crippen LogP contribution in [0, 0.1) is 17.8 Å². The van der Waals surface area contributed by atoms with Crippen LogP contribution >= 0.6 is 0 Å². The number of nitrogen functional groups attached to an aromatic ring is 1. The van der Waals surface area contributed by atoms with E-state index in [9.17, 15) is 19.8 Å². The molecule has 5 N–H and O–H groups in total. The summed E-state index contributed by atoms with van der Waals surface area (Å²) in [7, 11) is 0. The van der Waals surface area contributed by atoms with Crippen LogP contribution in [0.4, 0.5) is 5.69 Å². The standard InChI is InChI=1S/C20H29NO5/c1-12(4-9-19(24)25)20(26)14(3)10-13(2)17(22)11-18(23)15-5-7-16(21)8-6-15/h4-9,12-14,17,20,22,26H,10-11,21H2,1-3H3,(H,24,25)/b9-4+. The molecule has 1 rings (SSSR count). The SMILES string of the molecule is CC(/C=C/C(=O)O)C(O)C(C)CC(C)C(O)CC(=O)c1ccc(N)cc1. The van der Waals surface area contributed by atoms with E-state index in [2.05, 4.69) is 0 Å². The summed E-state index contributed by atoms with van der Waals surface area (Å²) in [4.78, 5) is 22.8. The second kappa shape index (κ2) is 10.1. The van der Waals surface area contributed by atoms with Crippen molar-refractivity contribution < 1.29 is 24.9 Å². The molecule has 5 unspecified atom stereocenters. The average molecular weight is 363 g/mol. The molecule has 26 heavy (non-hydrogen) atoms. The molecule has 0 radical (unpaired) electrons. The third-order valence-corrected chi connectivity index (χ3v) is 4.69. The van der Waals surface area contributed by atoms with E-state index in [4.69, 9.17) is 10.8 Å². The molecule has 0 spiro atoms. The first-order valence-corrected chi connectivity index (χ1v) is 8.77.